The number of benzene rings is 1. The van der Waals surface area contributed by atoms with Gasteiger partial charge < -0.3 is 15.0 Å². The van der Waals surface area contributed by atoms with E-state index < -0.39 is 12.0 Å². The van der Waals surface area contributed by atoms with E-state index in [0.717, 1.165) is 12.1 Å². The van der Waals surface area contributed by atoms with Crippen LogP contribution in [0.15, 0.2) is 64.3 Å². The molecule has 2 heterocycles. The fourth-order valence-electron chi connectivity index (χ4n) is 3.40. The Labute approximate surface area is 185 Å². The van der Waals surface area contributed by atoms with Crippen LogP contribution in [0.5, 0.6) is 0 Å². The third-order valence-electron chi connectivity index (χ3n) is 5.10. The highest BCUT2D eigenvalue weighted by molar-refractivity contribution is 8.16. The maximum Gasteiger partial charge on any atom is 0.338 e. The van der Waals surface area contributed by atoms with Crippen molar-refractivity contribution in [3.8, 4) is 0 Å². The molecular formula is C23H26FN3O3S. The fourth-order valence-corrected chi connectivity index (χ4v) is 4.36. The SMILES string of the molecule is C=CCOC(=O)C1=C(C)N=C2SC=C(CC(=O)N[C@H](C)CC)N2[C@H]1c1ccc(F)cc1. The molecule has 0 aliphatic carbocycles. The van der Waals surface area contributed by atoms with Gasteiger partial charge in [-0.1, -0.05) is 43.5 Å². The average molecular weight is 444 g/mol. The van der Waals surface area contributed by atoms with Gasteiger partial charge in [0.15, 0.2) is 5.17 Å². The normalized spacial score (nSPS) is 18.7. The van der Waals surface area contributed by atoms with Gasteiger partial charge in [-0.25, -0.2) is 14.2 Å². The number of rotatable bonds is 8. The minimum absolute atomic E-state index is 0.0659. The summed E-state index contributed by atoms with van der Waals surface area (Å²) in [6, 6.07) is 5.46. The highest BCUT2D eigenvalue weighted by Gasteiger charge is 2.41. The molecule has 0 spiro atoms. The lowest BCUT2D eigenvalue weighted by Crippen LogP contribution is -2.39. The molecule has 31 heavy (non-hydrogen) atoms. The summed E-state index contributed by atoms with van der Waals surface area (Å²) in [4.78, 5) is 31.9. The van der Waals surface area contributed by atoms with Gasteiger partial charge in [-0.15, -0.1) is 0 Å². The second kappa shape index (κ2) is 9.96. The number of carbonyl (C=O) groups is 2. The van der Waals surface area contributed by atoms with Gasteiger partial charge in [0.25, 0.3) is 0 Å². The second-order valence-electron chi connectivity index (χ2n) is 7.39. The Bertz CT molecular complexity index is 969. The first-order valence-electron chi connectivity index (χ1n) is 10.1. The molecule has 1 aromatic carbocycles. The standard InChI is InChI=1S/C23H26FN3O3S/c1-5-11-30-22(29)20-15(4)26-23-27(21(20)16-7-9-17(24)10-8-16)18(13-31-23)12-19(28)25-14(3)6-2/h5,7-10,13-14,21H,1,6,11-12H2,2-4H3,(H,25,28)/t14-,21+/m1/s1. The number of hydrogen-bond acceptors (Lipinski definition) is 6. The predicted molar refractivity (Wildman–Crippen MR) is 120 cm³/mol. The van der Waals surface area contributed by atoms with Crippen molar-refractivity contribution in [3.63, 3.8) is 0 Å². The molecule has 0 unspecified atom stereocenters. The molecule has 3 rings (SSSR count). The molecule has 0 aromatic heterocycles. The zero-order valence-electron chi connectivity index (χ0n) is 17.9. The number of amidine groups is 1. The van der Waals surface area contributed by atoms with Crippen LogP contribution in [0.1, 0.15) is 45.2 Å². The molecule has 6 nitrogen and oxygen atoms in total. The van der Waals surface area contributed by atoms with E-state index in [-0.39, 0.29) is 30.8 Å². The van der Waals surface area contributed by atoms with Gasteiger partial charge in [-0.05, 0) is 43.4 Å². The van der Waals surface area contributed by atoms with E-state index in [1.54, 1.807) is 19.1 Å². The van der Waals surface area contributed by atoms with Gasteiger partial charge in [-0.2, -0.15) is 0 Å². The molecule has 164 valence electrons. The summed E-state index contributed by atoms with van der Waals surface area (Å²) in [5, 5.41) is 5.50. The van der Waals surface area contributed by atoms with E-state index in [2.05, 4.69) is 16.9 Å². The van der Waals surface area contributed by atoms with Gasteiger partial charge in [-0.3, -0.25) is 4.79 Å². The molecule has 8 heteroatoms. The Morgan fingerprint density at radius 2 is 2.10 bits per heavy atom. The van der Waals surface area contributed by atoms with Gasteiger partial charge in [0.2, 0.25) is 5.91 Å². The number of halogens is 1. The first-order valence-corrected chi connectivity index (χ1v) is 11.0. The lowest BCUT2D eigenvalue weighted by atomic mass is 9.94. The summed E-state index contributed by atoms with van der Waals surface area (Å²) in [7, 11) is 0. The molecule has 0 fully saturated rings. The largest absolute Gasteiger partial charge is 0.458 e. The van der Waals surface area contributed by atoms with E-state index in [0.29, 0.717) is 22.0 Å². The van der Waals surface area contributed by atoms with Crippen molar-refractivity contribution < 1.29 is 18.7 Å². The number of nitrogens with zero attached hydrogens (tertiary/aromatic N) is 2. The van der Waals surface area contributed by atoms with Gasteiger partial charge >= 0.3 is 5.97 Å². The van der Waals surface area contributed by atoms with E-state index in [9.17, 15) is 14.0 Å². The first-order chi connectivity index (χ1) is 14.8. The van der Waals surface area contributed by atoms with Crippen molar-refractivity contribution in [2.24, 2.45) is 4.99 Å². The van der Waals surface area contributed by atoms with E-state index >= 15 is 0 Å². The zero-order chi connectivity index (χ0) is 22.5. The van der Waals surface area contributed by atoms with Crippen molar-refractivity contribution in [3.05, 3.63) is 70.7 Å². The molecule has 1 amide bonds. The van der Waals surface area contributed by atoms with Crippen molar-refractivity contribution in [1.29, 1.82) is 0 Å². The Kier molecular flexibility index (Phi) is 7.33. The third kappa shape index (κ3) is 5.07. The number of allylic oxidation sites excluding steroid dienone is 1. The summed E-state index contributed by atoms with van der Waals surface area (Å²) >= 11 is 1.40. The lowest BCUT2D eigenvalue weighted by molar-refractivity contribution is -0.138. The number of amides is 1. The van der Waals surface area contributed by atoms with Crippen LogP contribution < -0.4 is 5.32 Å². The topological polar surface area (TPSA) is 71.0 Å². The summed E-state index contributed by atoms with van der Waals surface area (Å²) in [6.07, 6.45) is 2.46. The van der Waals surface area contributed by atoms with Crippen molar-refractivity contribution in [1.82, 2.24) is 10.2 Å². The van der Waals surface area contributed by atoms with Crippen LogP contribution in [-0.2, 0) is 14.3 Å². The molecule has 1 N–H and O–H groups in total. The average Bonchev–Trinajstić information content (AvgIpc) is 3.13. The molecule has 0 saturated heterocycles. The maximum atomic E-state index is 13.6. The molecule has 0 radical (unpaired) electrons. The molecular weight excluding hydrogens is 417 g/mol. The van der Waals surface area contributed by atoms with Crippen LogP contribution in [0.2, 0.25) is 0 Å². The Morgan fingerprint density at radius 3 is 2.74 bits per heavy atom. The minimum Gasteiger partial charge on any atom is -0.458 e. The summed E-state index contributed by atoms with van der Waals surface area (Å²) in [5.41, 5.74) is 2.31. The van der Waals surface area contributed by atoms with Crippen LogP contribution in [0.4, 0.5) is 4.39 Å². The van der Waals surface area contributed by atoms with E-state index in [1.165, 1.54) is 30.0 Å². The molecule has 0 saturated carbocycles. The Morgan fingerprint density at radius 1 is 1.39 bits per heavy atom. The maximum absolute atomic E-state index is 13.6. The number of fused-ring (bicyclic) bond motifs is 1. The number of carbonyl (C=O) groups excluding carboxylic acids is 2. The van der Waals surface area contributed by atoms with E-state index in [4.69, 9.17) is 4.74 Å². The quantitative estimate of drug-likeness (QED) is 0.475. The third-order valence-corrected chi connectivity index (χ3v) is 5.99. The number of ether oxygens (including phenoxy) is 1. The summed E-state index contributed by atoms with van der Waals surface area (Å²) < 4.78 is 18.9. The number of aliphatic imine (C=N–C) groups is 1. The number of hydrogen-bond donors (Lipinski definition) is 1. The number of esters is 1. The fraction of sp³-hybridized carbons (Fsp3) is 0.348. The first kappa shape index (κ1) is 22.8. The Hall–Kier alpha value is -2.87. The summed E-state index contributed by atoms with van der Waals surface area (Å²) in [5.74, 6) is -0.998. The zero-order valence-corrected chi connectivity index (χ0v) is 18.7. The highest BCUT2D eigenvalue weighted by Crippen LogP contribution is 2.44. The molecule has 2 aliphatic heterocycles. The van der Waals surface area contributed by atoms with Crippen LogP contribution in [-0.4, -0.2) is 34.6 Å². The van der Waals surface area contributed by atoms with Crippen LogP contribution >= 0.6 is 11.8 Å². The highest BCUT2D eigenvalue weighted by atomic mass is 32.2. The van der Waals surface area contributed by atoms with Crippen molar-refractivity contribution in [2.75, 3.05) is 6.61 Å². The molecule has 2 aliphatic rings. The van der Waals surface area contributed by atoms with Crippen LogP contribution in [0, 0.1) is 5.82 Å². The molecule has 2 atom stereocenters. The van der Waals surface area contributed by atoms with Gasteiger partial charge in [0, 0.05) is 11.7 Å². The molecule has 0 bridgehead atoms. The molecule has 1 aromatic rings. The minimum atomic E-state index is -0.580. The predicted octanol–water partition coefficient (Wildman–Crippen LogP) is 4.43. The smallest absolute Gasteiger partial charge is 0.338 e. The lowest BCUT2D eigenvalue weighted by Gasteiger charge is -2.36. The van der Waals surface area contributed by atoms with Crippen LogP contribution in [0.3, 0.4) is 0 Å². The van der Waals surface area contributed by atoms with Crippen LogP contribution in [0.25, 0.3) is 0 Å². The van der Waals surface area contributed by atoms with Gasteiger partial charge in [0.05, 0.1) is 23.7 Å². The summed E-state index contributed by atoms with van der Waals surface area (Å²) in [6.45, 7) is 9.35. The number of nitrogens with one attached hydrogen (secondary N) is 1. The van der Waals surface area contributed by atoms with Crippen molar-refractivity contribution >= 4 is 28.8 Å². The monoisotopic (exact) mass is 443 g/mol. The Balaban J connectivity index is 1.98. The number of thioether (sulfide) groups is 1. The van der Waals surface area contributed by atoms with Crippen molar-refractivity contribution in [2.45, 2.75) is 45.7 Å². The van der Waals surface area contributed by atoms with E-state index in [1.807, 2.05) is 24.2 Å². The second-order valence-corrected chi connectivity index (χ2v) is 8.22. The van der Waals surface area contributed by atoms with Gasteiger partial charge in [0.1, 0.15) is 12.4 Å².